The number of anilines is 1. The van der Waals surface area contributed by atoms with Crippen molar-refractivity contribution in [2.45, 2.75) is 46.1 Å². The van der Waals surface area contributed by atoms with Crippen LogP contribution in [0, 0.1) is 0 Å². The Balaban J connectivity index is 1.42. The summed E-state index contributed by atoms with van der Waals surface area (Å²) in [5.41, 5.74) is 4.07. The minimum absolute atomic E-state index is 0.0242. The van der Waals surface area contributed by atoms with Crippen LogP contribution in [0.3, 0.4) is 0 Å². The fourth-order valence-electron chi connectivity index (χ4n) is 4.86. The summed E-state index contributed by atoms with van der Waals surface area (Å²) < 4.78 is 11.3. The van der Waals surface area contributed by atoms with Crippen LogP contribution in [-0.2, 0) is 16.0 Å². The average molecular weight is 520 g/mol. The van der Waals surface area contributed by atoms with Crippen molar-refractivity contribution >= 4 is 29.5 Å². The molecule has 1 saturated heterocycles. The van der Waals surface area contributed by atoms with Crippen LogP contribution in [0.1, 0.15) is 55.1 Å². The van der Waals surface area contributed by atoms with E-state index in [2.05, 4.69) is 24.1 Å². The first kappa shape index (κ1) is 27.4. The second-order valence-electron chi connectivity index (χ2n) is 9.69. The Morgan fingerprint density at radius 2 is 1.89 bits per heavy atom. The number of aryl methyl sites for hydroxylation is 1. The molecule has 8 nitrogen and oxygen atoms in total. The zero-order valence-electron chi connectivity index (χ0n) is 22.5. The molecule has 0 unspecified atom stereocenters. The van der Waals surface area contributed by atoms with E-state index in [0.29, 0.717) is 30.8 Å². The zero-order chi connectivity index (χ0) is 27.1. The van der Waals surface area contributed by atoms with E-state index in [1.165, 1.54) is 6.92 Å². The molecule has 38 heavy (non-hydrogen) atoms. The van der Waals surface area contributed by atoms with Crippen LogP contribution in [0.5, 0.6) is 5.75 Å². The third-order valence-electron chi connectivity index (χ3n) is 7.07. The first-order valence-electron chi connectivity index (χ1n) is 13.4. The highest BCUT2D eigenvalue weighted by atomic mass is 16.6. The van der Waals surface area contributed by atoms with Gasteiger partial charge in [-0.05, 0) is 79.9 Å². The molecule has 1 N–H and O–H groups in total. The summed E-state index contributed by atoms with van der Waals surface area (Å²) in [6, 6.07) is 13.4. The third kappa shape index (κ3) is 6.81. The van der Waals surface area contributed by atoms with Gasteiger partial charge < -0.3 is 19.7 Å². The number of nitrogens with zero attached hydrogens (tertiary/aromatic N) is 2. The number of cyclic esters (lactones) is 1. The predicted octanol–water partition coefficient (Wildman–Crippen LogP) is 4.47. The number of nitrogens with one attached hydrogen (secondary N) is 1. The molecule has 4 rings (SSSR count). The summed E-state index contributed by atoms with van der Waals surface area (Å²) in [5, 5.41) is 2.69. The maximum absolute atomic E-state index is 13.4. The molecule has 0 spiro atoms. The number of amides is 2. The van der Waals surface area contributed by atoms with Crippen molar-refractivity contribution in [3.63, 3.8) is 0 Å². The van der Waals surface area contributed by atoms with Crippen LogP contribution in [0.4, 0.5) is 10.5 Å². The van der Waals surface area contributed by atoms with Crippen LogP contribution >= 0.6 is 0 Å². The third-order valence-corrected chi connectivity index (χ3v) is 7.07. The average Bonchev–Trinajstić information content (AvgIpc) is 3.22. The first-order chi connectivity index (χ1) is 18.4. The fraction of sp³-hybridized carbons (Fsp3) is 0.433. The standard InChI is InChI=1S/C30H37N3O5/c1-4-32(5-2)15-16-37-26-12-9-22(10-13-26)17-24-8-6-7-23-18-25(11-14-28(23)29(24)35)33-20-27(38-30(33)36)19-31-21(3)34/h9-14,17-18,27H,4-8,15-16,19-20H2,1-3H3,(H,31,34)/b24-17-/t27-/m0/s1. The number of carbonyl (C=O) groups excluding carboxylic acids is 3. The lowest BCUT2D eigenvalue weighted by atomic mass is 9.97. The molecule has 2 aromatic rings. The van der Waals surface area contributed by atoms with Crippen LogP contribution in [0.15, 0.2) is 48.0 Å². The monoisotopic (exact) mass is 519 g/mol. The number of hydrogen-bond donors (Lipinski definition) is 1. The van der Waals surface area contributed by atoms with Crippen molar-refractivity contribution < 1.29 is 23.9 Å². The van der Waals surface area contributed by atoms with Gasteiger partial charge in [-0.2, -0.15) is 0 Å². The van der Waals surface area contributed by atoms with Crippen LogP contribution in [-0.4, -0.2) is 68.1 Å². The number of hydrogen-bond acceptors (Lipinski definition) is 6. The lowest BCUT2D eigenvalue weighted by molar-refractivity contribution is -0.119. The lowest BCUT2D eigenvalue weighted by Crippen LogP contribution is -2.33. The highest BCUT2D eigenvalue weighted by Gasteiger charge is 2.33. The zero-order valence-corrected chi connectivity index (χ0v) is 22.5. The maximum Gasteiger partial charge on any atom is 0.414 e. The second kappa shape index (κ2) is 12.7. The van der Waals surface area contributed by atoms with Crippen molar-refractivity contribution in [3.8, 4) is 5.75 Å². The molecule has 0 aromatic heterocycles. The molecule has 1 aliphatic carbocycles. The molecule has 1 aliphatic heterocycles. The number of allylic oxidation sites excluding steroid dienone is 1. The summed E-state index contributed by atoms with van der Waals surface area (Å²) in [5.74, 6) is 0.683. The molecule has 1 atom stereocenters. The highest BCUT2D eigenvalue weighted by Crippen LogP contribution is 2.31. The van der Waals surface area contributed by atoms with Crippen LogP contribution in [0.25, 0.3) is 6.08 Å². The van der Waals surface area contributed by atoms with Gasteiger partial charge in [0.1, 0.15) is 18.5 Å². The van der Waals surface area contributed by atoms with E-state index >= 15 is 0 Å². The van der Waals surface area contributed by atoms with Gasteiger partial charge in [0.15, 0.2) is 5.78 Å². The fourth-order valence-corrected chi connectivity index (χ4v) is 4.86. The Bertz CT molecular complexity index is 1190. The van der Waals surface area contributed by atoms with Crippen molar-refractivity contribution in [3.05, 3.63) is 64.7 Å². The Morgan fingerprint density at radius 3 is 2.61 bits per heavy atom. The molecule has 2 aliphatic rings. The minimum atomic E-state index is -0.443. The Kier molecular flexibility index (Phi) is 9.18. The van der Waals surface area contributed by atoms with Gasteiger partial charge in [0.2, 0.25) is 5.91 Å². The molecule has 2 amide bonds. The smallest absolute Gasteiger partial charge is 0.414 e. The van der Waals surface area contributed by atoms with E-state index < -0.39 is 12.2 Å². The number of ether oxygens (including phenoxy) is 2. The van der Waals surface area contributed by atoms with Crippen molar-refractivity contribution in [2.75, 3.05) is 44.2 Å². The Morgan fingerprint density at radius 1 is 1.13 bits per heavy atom. The molecule has 0 bridgehead atoms. The van der Waals surface area contributed by atoms with Crippen molar-refractivity contribution in [2.24, 2.45) is 0 Å². The topological polar surface area (TPSA) is 88.2 Å². The Hall–Kier alpha value is -3.65. The molecule has 2 aromatic carbocycles. The predicted molar refractivity (Wildman–Crippen MR) is 148 cm³/mol. The summed E-state index contributed by atoms with van der Waals surface area (Å²) in [6.45, 7) is 9.91. The molecule has 1 heterocycles. The van der Waals surface area contributed by atoms with Gasteiger partial charge in [-0.3, -0.25) is 14.5 Å². The first-order valence-corrected chi connectivity index (χ1v) is 13.4. The molecule has 0 radical (unpaired) electrons. The van der Waals surface area contributed by atoms with Crippen molar-refractivity contribution in [1.29, 1.82) is 0 Å². The van der Waals surface area contributed by atoms with Crippen molar-refractivity contribution in [1.82, 2.24) is 10.2 Å². The molecule has 202 valence electrons. The molecule has 1 fully saturated rings. The second-order valence-corrected chi connectivity index (χ2v) is 9.69. The number of ketones is 1. The minimum Gasteiger partial charge on any atom is -0.492 e. The van der Waals surface area contributed by atoms with Crippen LogP contribution in [0.2, 0.25) is 0 Å². The summed E-state index contributed by atoms with van der Waals surface area (Å²) in [6.07, 6.45) is 3.41. The van der Waals surface area contributed by atoms with E-state index in [1.807, 2.05) is 42.5 Å². The molecule has 8 heteroatoms. The van der Waals surface area contributed by atoms with E-state index in [-0.39, 0.29) is 18.2 Å². The lowest BCUT2D eigenvalue weighted by Gasteiger charge is -2.18. The van der Waals surface area contributed by atoms with Gasteiger partial charge in [-0.1, -0.05) is 26.0 Å². The number of fused-ring (bicyclic) bond motifs is 1. The quantitative estimate of drug-likeness (QED) is 0.368. The summed E-state index contributed by atoms with van der Waals surface area (Å²) >= 11 is 0. The molecular weight excluding hydrogens is 482 g/mol. The van der Waals surface area contributed by atoms with Gasteiger partial charge >= 0.3 is 6.09 Å². The number of benzene rings is 2. The summed E-state index contributed by atoms with van der Waals surface area (Å²) in [7, 11) is 0. The van der Waals surface area contributed by atoms with E-state index in [9.17, 15) is 14.4 Å². The molecule has 0 saturated carbocycles. The molecular formula is C30H37N3O5. The van der Waals surface area contributed by atoms with Gasteiger partial charge in [-0.25, -0.2) is 4.79 Å². The van der Waals surface area contributed by atoms with Gasteiger partial charge in [0.05, 0.1) is 13.1 Å². The van der Waals surface area contributed by atoms with E-state index in [1.54, 1.807) is 11.0 Å². The van der Waals surface area contributed by atoms with E-state index in [0.717, 1.165) is 54.9 Å². The maximum atomic E-state index is 13.4. The summed E-state index contributed by atoms with van der Waals surface area (Å²) in [4.78, 5) is 40.9. The van der Waals surface area contributed by atoms with E-state index in [4.69, 9.17) is 9.47 Å². The SMILES string of the molecule is CCN(CC)CCOc1ccc(/C=C2/CCCc3cc(N4C[C@H](CNC(C)=O)OC4=O)ccc3C2=O)cc1. The number of likely N-dealkylation sites (N-methyl/N-ethyl adjacent to an activating group) is 1. The normalized spacial score (nSPS) is 18.4. The van der Waals surface area contributed by atoms with Crippen LogP contribution < -0.4 is 15.0 Å². The largest absolute Gasteiger partial charge is 0.492 e. The number of rotatable bonds is 10. The highest BCUT2D eigenvalue weighted by molar-refractivity contribution is 6.12. The van der Waals surface area contributed by atoms with Gasteiger partial charge in [0.25, 0.3) is 0 Å². The number of carbonyl (C=O) groups is 3. The van der Waals surface area contributed by atoms with Gasteiger partial charge in [-0.15, -0.1) is 0 Å². The van der Waals surface area contributed by atoms with Gasteiger partial charge in [0, 0.05) is 30.3 Å². The number of Topliss-reactive ketones (excluding diaryl/α,β-unsaturated/α-hetero) is 1. The Labute approximate surface area is 224 Å².